The molecule has 0 spiro atoms. The first kappa shape index (κ1) is 7.73. The van der Waals surface area contributed by atoms with E-state index in [0.717, 1.165) is 0 Å². The molecular weight excluding hydrogens is 160 g/mol. The topological polar surface area (TPSA) is 52.6 Å². The molecular formula is C8H10O4. The van der Waals surface area contributed by atoms with E-state index in [1.165, 1.54) is 7.11 Å². The van der Waals surface area contributed by atoms with Crippen LogP contribution in [0.1, 0.15) is 12.8 Å². The summed E-state index contributed by atoms with van der Waals surface area (Å²) >= 11 is 0. The van der Waals surface area contributed by atoms with Crippen LogP contribution in [-0.4, -0.2) is 31.1 Å². The molecule has 4 heteroatoms. The molecule has 0 aromatic heterocycles. The second-order valence-corrected chi connectivity index (χ2v) is 3.21. The average molecular weight is 170 g/mol. The van der Waals surface area contributed by atoms with Gasteiger partial charge >= 0.3 is 5.97 Å². The summed E-state index contributed by atoms with van der Waals surface area (Å²) in [5.41, 5.74) is 0. The first-order chi connectivity index (χ1) is 5.72. The Balaban J connectivity index is 2.12. The highest BCUT2D eigenvalue weighted by molar-refractivity contribution is 5.92. The predicted octanol–water partition coefficient (Wildman–Crippen LogP) is -0.0941. The Bertz CT molecular complexity index is 235. The van der Waals surface area contributed by atoms with E-state index in [-0.39, 0.29) is 23.8 Å². The van der Waals surface area contributed by atoms with Crippen molar-refractivity contribution in [2.24, 2.45) is 5.92 Å². The van der Waals surface area contributed by atoms with Crippen LogP contribution < -0.4 is 0 Å². The number of ketones is 1. The van der Waals surface area contributed by atoms with Crippen LogP contribution in [0.4, 0.5) is 0 Å². The van der Waals surface area contributed by atoms with Gasteiger partial charge in [0.25, 0.3) is 0 Å². The summed E-state index contributed by atoms with van der Waals surface area (Å²) in [6, 6.07) is 0. The Hall–Kier alpha value is -0.900. The quantitative estimate of drug-likeness (QED) is 0.516. The van der Waals surface area contributed by atoms with Crippen molar-refractivity contribution in [3.05, 3.63) is 0 Å². The minimum Gasteiger partial charge on any atom is -0.469 e. The largest absolute Gasteiger partial charge is 0.469 e. The van der Waals surface area contributed by atoms with Gasteiger partial charge in [-0.2, -0.15) is 0 Å². The summed E-state index contributed by atoms with van der Waals surface area (Å²) in [5.74, 6) is -0.626. The van der Waals surface area contributed by atoms with Gasteiger partial charge in [0.15, 0.2) is 5.78 Å². The van der Waals surface area contributed by atoms with Gasteiger partial charge < -0.3 is 9.47 Å². The first-order valence-corrected chi connectivity index (χ1v) is 3.98. The highest BCUT2D eigenvalue weighted by Crippen LogP contribution is 2.36. The van der Waals surface area contributed by atoms with E-state index >= 15 is 0 Å². The summed E-state index contributed by atoms with van der Waals surface area (Å²) in [4.78, 5) is 22.2. The summed E-state index contributed by atoms with van der Waals surface area (Å²) in [6.07, 6.45) is 0.565. The van der Waals surface area contributed by atoms with Crippen molar-refractivity contribution in [1.29, 1.82) is 0 Å². The number of carbonyl (C=O) groups is 2. The van der Waals surface area contributed by atoms with E-state index in [2.05, 4.69) is 4.74 Å². The third-order valence-electron chi connectivity index (χ3n) is 2.47. The number of ether oxygens (including phenoxy) is 2. The van der Waals surface area contributed by atoms with Crippen molar-refractivity contribution in [2.75, 3.05) is 7.11 Å². The standard InChI is InChI=1S/C8H10O4/c1-11-8(10)5-2-4-3-6(9)7(5)12-4/h4-5,7H,2-3H2,1H3/t4-,5+,7+/m1/s1. The molecule has 0 N–H and O–H groups in total. The van der Waals surface area contributed by atoms with E-state index in [9.17, 15) is 9.59 Å². The van der Waals surface area contributed by atoms with Crippen molar-refractivity contribution in [3.63, 3.8) is 0 Å². The van der Waals surface area contributed by atoms with Gasteiger partial charge in [0.2, 0.25) is 0 Å². The number of methoxy groups -OCH3 is 1. The highest BCUT2D eigenvalue weighted by atomic mass is 16.5. The molecule has 0 aliphatic carbocycles. The molecule has 2 heterocycles. The number of fused-ring (bicyclic) bond motifs is 2. The van der Waals surface area contributed by atoms with Gasteiger partial charge in [-0.25, -0.2) is 0 Å². The summed E-state index contributed by atoms with van der Waals surface area (Å²) < 4.78 is 9.83. The van der Waals surface area contributed by atoms with Gasteiger partial charge in [-0.15, -0.1) is 0 Å². The van der Waals surface area contributed by atoms with Gasteiger partial charge in [-0.3, -0.25) is 9.59 Å². The second-order valence-electron chi connectivity index (χ2n) is 3.21. The molecule has 2 rings (SSSR count). The molecule has 0 aromatic rings. The molecule has 0 amide bonds. The minimum atomic E-state index is -0.512. The van der Waals surface area contributed by atoms with Crippen molar-refractivity contribution >= 4 is 11.8 Å². The monoisotopic (exact) mass is 170 g/mol. The Morgan fingerprint density at radius 2 is 2.42 bits per heavy atom. The van der Waals surface area contributed by atoms with Crippen LogP contribution in [0.3, 0.4) is 0 Å². The van der Waals surface area contributed by atoms with E-state index in [1.54, 1.807) is 0 Å². The van der Waals surface area contributed by atoms with Crippen LogP contribution in [0.15, 0.2) is 0 Å². The van der Waals surface area contributed by atoms with E-state index in [4.69, 9.17) is 4.74 Å². The Morgan fingerprint density at radius 1 is 1.67 bits per heavy atom. The number of esters is 1. The van der Waals surface area contributed by atoms with Crippen LogP contribution in [0.25, 0.3) is 0 Å². The Labute approximate surface area is 69.8 Å². The number of hydrogen-bond acceptors (Lipinski definition) is 4. The van der Waals surface area contributed by atoms with Crippen LogP contribution in [0.2, 0.25) is 0 Å². The van der Waals surface area contributed by atoms with Gasteiger partial charge in [0.05, 0.1) is 19.1 Å². The van der Waals surface area contributed by atoms with Crippen molar-refractivity contribution in [3.8, 4) is 0 Å². The van der Waals surface area contributed by atoms with Crippen molar-refractivity contribution < 1.29 is 19.1 Å². The lowest BCUT2D eigenvalue weighted by molar-refractivity contribution is -0.149. The number of Topliss-reactive ketones (excluding diaryl/α,β-unsaturated/α-hetero) is 1. The van der Waals surface area contributed by atoms with Crippen LogP contribution in [0, 0.1) is 5.92 Å². The number of carbonyl (C=O) groups excluding carboxylic acids is 2. The molecule has 0 unspecified atom stereocenters. The molecule has 12 heavy (non-hydrogen) atoms. The third kappa shape index (κ3) is 0.948. The van der Waals surface area contributed by atoms with Crippen molar-refractivity contribution in [2.45, 2.75) is 25.0 Å². The average Bonchev–Trinajstić information content (AvgIpc) is 2.60. The van der Waals surface area contributed by atoms with Crippen LogP contribution in [0.5, 0.6) is 0 Å². The SMILES string of the molecule is COC(=O)[C@H]1C[C@@H]2CC(=O)[C@H]1O2. The maximum Gasteiger partial charge on any atom is 0.311 e. The molecule has 0 saturated carbocycles. The summed E-state index contributed by atoms with van der Waals surface area (Å²) in [7, 11) is 1.33. The normalized spacial score (nSPS) is 38.8. The molecule has 2 aliphatic rings. The fourth-order valence-corrected chi connectivity index (χ4v) is 1.91. The van der Waals surface area contributed by atoms with Gasteiger partial charge in [0, 0.05) is 6.42 Å². The molecule has 2 bridgehead atoms. The van der Waals surface area contributed by atoms with Crippen LogP contribution >= 0.6 is 0 Å². The van der Waals surface area contributed by atoms with E-state index in [1.807, 2.05) is 0 Å². The maximum absolute atomic E-state index is 11.1. The molecule has 0 radical (unpaired) electrons. The van der Waals surface area contributed by atoms with Gasteiger partial charge in [-0.1, -0.05) is 0 Å². The Morgan fingerprint density at radius 3 is 2.92 bits per heavy atom. The third-order valence-corrected chi connectivity index (χ3v) is 2.47. The molecule has 4 nitrogen and oxygen atoms in total. The predicted molar refractivity (Wildman–Crippen MR) is 38.4 cm³/mol. The van der Waals surface area contributed by atoms with E-state index < -0.39 is 6.10 Å². The summed E-state index contributed by atoms with van der Waals surface area (Å²) in [5, 5.41) is 0. The van der Waals surface area contributed by atoms with Crippen LogP contribution in [-0.2, 0) is 19.1 Å². The fourth-order valence-electron chi connectivity index (χ4n) is 1.91. The number of rotatable bonds is 1. The molecule has 2 aliphatic heterocycles. The lowest BCUT2D eigenvalue weighted by Gasteiger charge is -2.14. The Kier molecular flexibility index (Phi) is 1.65. The van der Waals surface area contributed by atoms with Gasteiger partial charge in [-0.05, 0) is 6.42 Å². The van der Waals surface area contributed by atoms with E-state index in [0.29, 0.717) is 12.8 Å². The molecule has 3 atom stereocenters. The number of hydrogen-bond donors (Lipinski definition) is 0. The fraction of sp³-hybridized carbons (Fsp3) is 0.750. The van der Waals surface area contributed by atoms with Gasteiger partial charge in [0.1, 0.15) is 6.10 Å². The molecule has 2 saturated heterocycles. The lowest BCUT2D eigenvalue weighted by Crippen LogP contribution is -2.32. The molecule has 66 valence electrons. The molecule has 0 aromatic carbocycles. The van der Waals surface area contributed by atoms with Crippen molar-refractivity contribution in [1.82, 2.24) is 0 Å². The second kappa shape index (κ2) is 2.55. The minimum absolute atomic E-state index is 0.0356. The lowest BCUT2D eigenvalue weighted by atomic mass is 9.88. The summed E-state index contributed by atoms with van der Waals surface area (Å²) in [6.45, 7) is 0. The zero-order valence-corrected chi connectivity index (χ0v) is 6.78. The molecule has 2 fully saturated rings. The first-order valence-electron chi connectivity index (χ1n) is 3.98. The highest BCUT2D eigenvalue weighted by Gasteiger charge is 2.50. The zero-order valence-electron chi connectivity index (χ0n) is 6.78. The zero-order chi connectivity index (χ0) is 8.72. The maximum atomic E-state index is 11.1. The smallest absolute Gasteiger partial charge is 0.311 e.